The molecule has 0 unspecified atom stereocenters. The minimum Gasteiger partial charge on any atom is -0.452 e. The fourth-order valence-electron chi connectivity index (χ4n) is 3.44. The Morgan fingerprint density at radius 3 is 2.32 bits per heavy atom. The maximum atomic E-state index is 12.8. The van der Waals surface area contributed by atoms with Crippen LogP contribution in [-0.2, 0) is 9.53 Å². The highest BCUT2D eigenvalue weighted by Gasteiger charge is 2.33. The predicted molar refractivity (Wildman–Crippen MR) is 112 cm³/mol. The second-order valence-electron chi connectivity index (χ2n) is 7.31. The van der Waals surface area contributed by atoms with Crippen LogP contribution in [0.25, 0.3) is 0 Å². The molecule has 8 heteroatoms. The van der Waals surface area contributed by atoms with Crippen LogP contribution in [0.2, 0.25) is 0 Å². The molecule has 1 heterocycles. The lowest BCUT2D eigenvalue weighted by atomic mass is 10.1. The number of hydrogen-bond donors (Lipinski definition) is 0. The lowest BCUT2D eigenvalue weighted by Crippen LogP contribution is -2.35. The number of hydrogen-bond acceptors (Lipinski definition) is 6. The van der Waals surface area contributed by atoms with Crippen molar-refractivity contribution in [2.75, 3.05) is 25.1 Å². The van der Waals surface area contributed by atoms with Crippen LogP contribution in [0.4, 0.5) is 5.69 Å². The van der Waals surface area contributed by atoms with Crippen LogP contribution in [-0.4, -0.2) is 48.8 Å². The van der Waals surface area contributed by atoms with Gasteiger partial charge in [0.05, 0.1) is 29.2 Å². The fourth-order valence-corrected chi connectivity index (χ4v) is 3.44. The lowest BCUT2D eigenvalue weighted by Gasteiger charge is -2.22. The van der Waals surface area contributed by atoms with E-state index >= 15 is 0 Å². The van der Waals surface area contributed by atoms with E-state index in [2.05, 4.69) is 0 Å². The Labute approximate surface area is 179 Å². The Morgan fingerprint density at radius 1 is 1.03 bits per heavy atom. The molecule has 2 aromatic rings. The largest absolute Gasteiger partial charge is 0.452 e. The van der Waals surface area contributed by atoms with Gasteiger partial charge in [-0.3, -0.25) is 19.3 Å². The quantitative estimate of drug-likeness (QED) is 0.526. The van der Waals surface area contributed by atoms with Crippen molar-refractivity contribution in [2.45, 2.75) is 20.3 Å². The first kappa shape index (κ1) is 21.7. The predicted octanol–water partition coefficient (Wildman–Crippen LogP) is 2.63. The van der Waals surface area contributed by atoms with Gasteiger partial charge in [-0.15, -0.1) is 0 Å². The van der Waals surface area contributed by atoms with Crippen molar-refractivity contribution in [2.24, 2.45) is 0 Å². The molecular weight excluding hydrogens is 398 g/mol. The van der Waals surface area contributed by atoms with E-state index in [1.165, 1.54) is 30.1 Å². The smallest absolute Gasteiger partial charge is 0.338 e. The summed E-state index contributed by atoms with van der Waals surface area (Å²) in [6.45, 7) is 3.44. The zero-order valence-electron chi connectivity index (χ0n) is 17.5. The van der Waals surface area contributed by atoms with Crippen LogP contribution < -0.4 is 4.90 Å². The van der Waals surface area contributed by atoms with E-state index in [4.69, 9.17) is 10.00 Å². The maximum Gasteiger partial charge on any atom is 0.338 e. The molecule has 0 N–H and O–H groups in total. The standard InChI is InChI=1S/C23H21N3O5/c1-14-9-15(2)11-17(10-14)26(8-4-7-24)20(27)13-31-23(30)16-5-6-18-19(12-16)22(29)25(3)21(18)28/h5-6,9-12H,4,8,13H2,1-3H3. The van der Waals surface area contributed by atoms with Crippen LogP contribution in [0.1, 0.15) is 48.6 Å². The first-order valence-electron chi connectivity index (χ1n) is 9.62. The topological polar surface area (TPSA) is 108 Å². The van der Waals surface area contributed by atoms with E-state index in [1.54, 1.807) is 0 Å². The van der Waals surface area contributed by atoms with Gasteiger partial charge in [0.2, 0.25) is 0 Å². The van der Waals surface area contributed by atoms with Gasteiger partial charge in [-0.05, 0) is 55.3 Å². The second kappa shape index (κ2) is 8.79. The van der Waals surface area contributed by atoms with Crippen molar-refractivity contribution in [3.05, 3.63) is 64.2 Å². The Balaban J connectivity index is 1.74. The highest BCUT2D eigenvalue weighted by molar-refractivity contribution is 6.21. The highest BCUT2D eigenvalue weighted by atomic mass is 16.5. The third-order valence-electron chi connectivity index (χ3n) is 4.92. The number of imide groups is 1. The molecule has 0 atom stereocenters. The van der Waals surface area contributed by atoms with E-state index in [0.29, 0.717) is 5.69 Å². The molecular formula is C23H21N3O5. The molecule has 0 aliphatic carbocycles. The van der Waals surface area contributed by atoms with Crippen molar-refractivity contribution in [1.29, 1.82) is 5.26 Å². The van der Waals surface area contributed by atoms with Crippen LogP contribution in [0.3, 0.4) is 0 Å². The third-order valence-corrected chi connectivity index (χ3v) is 4.92. The number of ether oxygens (including phenoxy) is 1. The number of esters is 1. The SMILES string of the molecule is Cc1cc(C)cc(N(CCC#N)C(=O)COC(=O)c2ccc3c(c2)C(=O)N(C)C3=O)c1. The molecule has 8 nitrogen and oxygen atoms in total. The molecule has 3 rings (SSSR count). The van der Waals surface area contributed by atoms with Crippen LogP contribution in [0.5, 0.6) is 0 Å². The molecule has 0 bridgehead atoms. The number of nitrogens with zero attached hydrogens (tertiary/aromatic N) is 3. The molecule has 0 aromatic heterocycles. The van der Waals surface area contributed by atoms with Crippen molar-refractivity contribution in [3.8, 4) is 6.07 Å². The minimum absolute atomic E-state index is 0.0676. The molecule has 0 radical (unpaired) electrons. The number of anilines is 1. The van der Waals surface area contributed by atoms with E-state index in [0.717, 1.165) is 16.0 Å². The Hall–Kier alpha value is -3.99. The molecule has 0 saturated heterocycles. The van der Waals surface area contributed by atoms with Crippen LogP contribution in [0.15, 0.2) is 36.4 Å². The van der Waals surface area contributed by atoms with Gasteiger partial charge < -0.3 is 9.64 Å². The first-order valence-corrected chi connectivity index (χ1v) is 9.62. The van der Waals surface area contributed by atoms with Crippen molar-refractivity contribution < 1.29 is 23.9 Å². The molecule has 0 spiro atoms. The molecule has 0 fully saturated rings. The summed E-state index contributed by atoms with van der Waals surface area (Å²) in [7, 11) is 1.37. The molecule has 2 aromatic carbocycles. The fraction of sp³-hybridized carbons (Fsp3) is 0.261. The summed E-state index contributed by atoms with van der Waals surface area (Å²) in [4.78, 5) is 51.7. The van der Waals surface area contributed by atoms with Gasteiger partial charge in [0.25, 0.3) is 17.7 Å². The van der Waals surface area contributed by atoms with E-state index in [1.807, 2.05) is 38.1 Å². The molecule has 31 heavy (non-hydrogen) atoms. The Morgan fingerprint density at radius 2 is 1.68 bits per heavy atom. The minimum atomic E-state index is -0.786. The van der Waals surface area contributed by atoms with Gasteiger partial charge in [-0.2, -0.15) is 5.26 Å². The number of benzene rings is 2. The van der Waals surface area contributed by atoms with E-state index in [9.17, 15) is 19.2 Å². The van der Waals surface area contributed by atoms with E-state index < -0.39 is 30.3 Å². The molecule has 3 amide bonds. The zero-order chi connectivity index (χ0) is 22.7. The average Bonchev–Trinajstić information content (AvgIpc) is 2.95. The number of nitriles is 1. The van der Waals surface area contributed by atoms with Gasteiger partial charge in [0, 0.05) is 19.3 Å². The number of fused-ring (bicyclic) bond motifs is 1. The molecule has 1 aliphatic rings. The van der Waals surface area contributed by atoms with Crippen molar-refractivity contribution >= 4 is 29.4 Å². The lowest BCUT2D eigenvalue weighted by molar-refractivity contribution is -0.121. The average molecular weight is 419 g/mol. The van der Waals surface area contributed by atoms with Gasteiger partial charge in [0.1, 0.15) is 0 Å². The van der Waals surface area contributed by atoms with Gasteiger partial charge >= 0.3 is 5.97 Å². The summed E-state index contributed by atoms with van der Waals surface area (Å²) in [6, 6.07) is 11.7. The third kappa shape index (κ3) is 4.46. The number of amides is 3. The van der Waals surface area contributed by atoms with Gasteiger partial charge in [0.15, 0.2) is 6.61 Å². The second-order valence-corrected chi connectivity index (χ2v) is 7.31. The van der Waals surface area contributed by atoms with Crippen LogP contribution in [0, 0.1) is 25.2 Å². The Kier molecular flexibility index (Phi) is 6.16. The van der Waals surface area contributed by atoms with Gasteiger partial charge in [-0.1, -0.05) is 6.07 Å². The summed E-state index contributed by atoms with van der Waals surface area (Å²) in [5.74, 6) is -2.19. The maximum absolute atomic E-state index is 12.8. The summed E-state index contributed by atoms with van der Waals surface area (Å²) in [5.41, 5.74) is 2.96. The molecule has 0 saturated carbocycles. The Bertz CT molecular complexity index is 1110. The van der Waals surface area contributed by atoms with E-state index in [-0.39, 0.29) is 29.7 Å². The number of carbonyl (C=O) groups excluding carboxylic acids is 4. The summed E-state index contributed by atoms with van der Waals surface area (Å²) in [6.07, 6.45) is 0.126. The van der Waals surface area contributed by atoms with Crippen molar-refractivity contribution in [3.63, 3.8) is 0 Å². The normalized spacial score (nSPS) is 12.4. The number of aryl methyl sites for hydroxylation is 2. The van der Waals surface area contributed by atoms with Crippen LogP contribution >= 0.6 is 0 Å². The van der Waals surface area contributed by atoms with Gasteiger partial charge in [-0.25, -0.2) is 4.79 Å². The zero-order valence-corrected chi connectivity index (χ0v) is 17.5. The van der Waals surface area contributed by atoms with Crippen molar-refractivity contribution in [1.82, 2.24) is 4.90 Å². The number of carbonyl (C=O) groups is 4. The summed E-state index contributed by atoms with van der Waals surface area (Å²) < 4.78 is 5.16. The highest BCUT2D eigenvalue weighted by Crippen LogP contribution is 2.23. The number of rotatable bonds is 6. The first-order chi connectivity index (χ1) is 14.7. The monoisotopic (exact) mass is 419 g/mol. The summed E-state index contributed by atoms with van der Waals surface area (Å²) in [5, 5.41) is 8.93. The molecule has 1 aliphatic heterocycles. The molecule has 158 valence electrons. The summed E-state index contributed by atoms with van der Waals surface area (Å²) >= 11 is 0.